The van der Waals surface area contributed by atoms with Gasteiger partial charge in [-0.3, -0.25) is 19.3 Å². The van der Waals surface area contributed by atoms with Crippen LogP contribution in [0.15, 0.2) is 42.5 Å². The molecular weight excluding hydrogens is 450 g/mol. The maximum Gasteiger partial charge on any atom is 0.263 e. The molecule has 0 saturated carbocycles. The number of likely N-dealkylation sites (tertiary alicyclic amines) is 1. The minimum atomic E-state index is -0.286. The quantitative estimate of drug-likeness (QED) is 0.601. The van der Waals surface area contributed by atoms with Gasteiger partial charge in [-0.15, -0.1) is 0 Å². The van der Waals surface area contributed by atoms with Crippen molar-refractivity contribution in [1.82, 2.24) is 9.80 Å². The lowest BCUT2D eigenvalue weighted by Crippen LogP contribution is -2.45. The molecule has 3 amide bonds. The van der Waals surface area contributed by atoms with Crippen LogP contribution in [0.1, 0.15) is 58.9 Å². The number of carbonyl (C=O) groups is 3. The highest BCUT2D eigenvalue weighted by Crippen LogP contribution is 2.35. The Kier molecular flexibility index (Phi) is 6.34. The first-order valence-corrected chi connectivity index (χ1v) is 12.6. The second-order valence-corrected chi connectivity index (χ2v) is 10.2. The highest BCUT2D eigenvalue weighted by Gasteiger charge is 2.39. The van der Waals surface area contributed by atoms with Crippen molar-refractivity contribution < 1.29 is 14.4 Å². The van der Waals surface area contributed by atoms with Crippen molar-refractivity contribution in [1.29, 1.82) is 0 Å². The van der Waals surface area contributed by atoms with E-state index in [2.05, 4.69) is 11.8 Å². The number of hydrogen-bond donors (Lipinski definition) is 0. The molecule has 6 nitrogen and oxygen atoms in total. The van der Waals surface area contributed by atoms with Crippen LogP contribution in [0.5, 0.6) is 0 Å². The van der Waals surface area contributed by atoms with Crippen molar-refractivity contribution in [3.63, 3.8) is 0 Å². The molecule has 3 aliphatic rings. The van der Waals surface area contributed by atoms with Gasteiger partial charge in [-0.2, -0.15) is 0 Å². The Labute approximate surface area is 205 Å². The van der Waals surface area contributed by atoms with Crippen LogP contribution in [-0.2, 0) is 11.3 Å². The average Bonchev–Trinajstić information content (AvgIpc) is 3.10. The lowest BCUT2D eigenvalue weighted by Gasteiger charge is -2.37. The molecule has 2 aromatic carbocycles. The lowest BCUT2D eigenvalue weighted by atomic mass is 9.92. The van der Waals surface area contributed by atoms with E-state index in [9.17, 15) is 14.4 Å². The van der Waals surface area contributed by atoms with E-state index in [1.165, 1.54) is 4.90 Å². The summed E-state index contributed by atoms with van der Waals surface area (Å²) >= 11 is 6.28. The lowest BCUT2D eigenvalue weighted by molar-refractivity contribution is -0.137. The summed E-state index contributed by atoms with van der Waals surface area (Å²) in [5.41, 5.74) is 2.44. The third kappa shape index (κ3) is 4.20. The van der Waals surface area contributed by atoms with E-state index < -0.39 is 0 Å². The molecule has 0 aromatic heterocycles. The van der Waals surface area contributed by atoms with E-state index in [-0.39, 0.29) is 30.2 Å². The number of piperidine rings is 2. The molecule has 34 heavy (non-hydrogen) atoms. The molecule has 0 spiro atoms. The van der Waals surface area contributed by atoms with Crippen LogP contribution in [0.3, 0.4) is 0 Å². The number of amides is 3. The predicted molar refractivity (Wildman–Crippen MR) is 132 cm³/mol. The summed E-state index contributed by atoms with van der Waals surface area (Å²) in [4.78, 5) is 45.0. The number of nitrogens with zero attached hydrogens (tertiary/aromatic N) is 3. The molecule has 178 valence electrons. The van der Waals surface area contributed by atoms with E-state index in [4.69, 9.17) is 11.6 Å². The van der Waals surface area contributed by atoms with Gasteiger partial charge in [0.2, 0.25) is 5.91 Å². The van der Waals surface area contributed by atoms with Crippen molar-refractivity contribution >= 4 is 35.0 Å². The van der Waals surface area contributed by atoms with Crippen LogP contribution in [0.4, 0.5) is 5.69 Å². The minimum Gasteiger partial charge on any atom is -0.371 e. The molecule has 3 heterocycles. The molecule has 0 radical (unpaired) electrons. The van der Waals surface area contributed by atoms with Crippen molar-refractivity contribution in [2.45, 2.75) is 39.2 Å². The van der Waals surface area contributed by atoms with E-state index in [0.717, 1.165) is 50.0 Å². The number of fused-ring (bicyclic) bond motifs is 1. The largest absolute Gasteiger partial charge is 0.371 e. The highest BCUT2D eigenvalue weighted by atomic mass is 35.5. The van der Waals surface area contributed by atoms with E-state index in [0.29, 0.717) is 35.2 Å². The monoisotopic (exact) mass is 479 g/mol. The van der Waals surface area contributed by atoms with Crippen LogP contribution < -0.4 is 4.90 Å². The number of anilines is 1. The molecular formula is C27H30ClN3O3. The zero-order valence-corrected chi connectivity index (χ0v) is 20.3. The van der Waals surface area contributed by atoms with Crippen LogP contribution >= 0.6 is 11.6 Å². The van der Waals surface area contributed by atoms with Gasteiger partial charge in [0.15, 0.2) is 0 Å². The van der Waals surface area contributed by atoms with Crippen molar-refractivity contribution in [3.8, 4) is 0 Å². The van der Waals surface area contributed by atoms with Gasteiger partial charge < -0.3 is 9.80 Å². The van der Waals surface area contributed by atoms with Crippen LogP contribution in [0.25, 0.3) is 0 Å². The first kappa shape index (κ1) is 22.9. The summed E-state index contributed by atoms with van der Waals surface area (Å²) in [6, 6.07) is 12.7. The molecule has 0 aliphatic carbocycles. The Morgan fingerprint density at radius 3 is 2.32 bits per heavy atom. The van der Waals surface area contributed by atoms with Crippen LogP contribution in [-0.4, -0.2) is 53.7 Å². The number of rotatable bonds is 4. The molecule has 7 heteroatoms. The van der Waals surface area contributed by atoms with Crippen molar-refractivity contribution in [3.05, 3.63) is 64.2 Å². The van der Waals surface area contributed by atoms with Gasteiger partial charge in [0.25, 0.3) is 11.8 Å². The fraction of sp³-hybridized carbons (Fsp3) is 0.444. The van der Waals surface area contributed by atoms with Gasteiger partial charge in [-0.1, -0.05) is 42.8 Å². The first-order valence-electron chi connectivity index (χ1n) is 12.2. The maximum atomic E-state index is 13.4. The molecule has 0 N–H and O–H groups in total. The predicted octanol–water partition coefficient (Wildman–Crippen LogP) is 4.61. The number of imide groups is 1. The fourth-order valence-corrected chi connectivity index (χ4v) is 5.57. The van der Waals surface area contributed by atoms with Gasteiger partial charge in [0.05, 0.1) is 23.4 Å². The number of halogens is 1. The fourth-order valence-electron chi connectivity index (χ4n) is 5.37. The zero-order chi connectivity index (χ0) is 23.8. The third-order valence-electron chi connectivity index (χ3n) is 7.54. The number of benzene rings is 2. The van der Waals surface area contributed by atoms with E-state index in [1.54, 1.807) is 12.1 Å². The summed E-state index contributed by atoms with van der Waals surface area (Å²) in [6.45, 7) is 5.53. The van der Waals surface area contributed by atoms with Gasteiger partial charge >= 0.3 is 0 Å². The summed E-state index contributed by atoms with van der Waals surface area (Å²) in [6.07, 6.45) is 3.70. The van der Waals surface area contributed by atoms with E-state index in [1.807, 2.05) is 35.2 Å². The molecule has 0 unspecified atom stereocenters. The first-order chi connectivity index (χ1) is 16.4. The Hall–Kier alpha value is -2.86. The zero-order valence-electron chi connectivity index (χ0n) is 19.5. The minimum absolute atomic E-state index is 0.0375. The highest BCUT2D eigenvalue weighted by molar-refractivity contribution is 6.31. The molecule has 5 rings (SSSR count). The second kappa shape index (κ2) is 9.41. The van der Waals surface area contributed by atoms with Crippen molar-refractivity contribution in [2.24, 2.45) is 11.8 Å². The number of carbonyl (C=O) groups excluding carboxylic acids is 3. The summed E-state index contributed by atoms with van der Waals surface area (Å²) in [5, 5.41) is 0.536. The van der Waals surface area contributed by atoms with Crippen molar-refractivity contribution in [2.75, 3.05) is 31.1 Å². The number of hydrogen-bond acceptors (Lipinski definition) is 4. The third-order valence-corrected chi connectivity index (χ3v) is 7.91. The average molecular weight is 480 g/mol. The standard InChI is InChI=1S/C27H30ClN3O3/c1-18-9-13-30(14-10-18)25(32)19-11-15-29(16-12-19)23-8-4-6-21-24(23)27(34)31(26(21)33)17-20-5-2-3-7-22(20)28/h2-8,18-19H,9-17H2,1H3. The molecule has 2 saturated heterocycles. The SMILES string of the molecule is CC1CCN(C(=O)C2CCN(c3cccc4c3C(=O)N(Cc3ccccc3Cl)C4=O)CC2)CC1. The maximum absolute atomic E-state index is 13.4. The summed E-state index contributed by atoms with van der Waals surface area (Å²) in [7, 11) is 0. The van der Waals surface area contributed by atoms with Gasteiger partial charge in [0, 0.05) is 37.1 Å². The van der Waals surface area contributed by atoms with Crippen LogP contribution in [0, 0.1) is 11.8 Å². The molecule has 0 atom stereocenters. The topological polar surface area (TPSA) is 60.9 Å². The Balaban J connectivity index is 1.29. The Morgan fingerprint density at radius 1 is 0.912 bits per heavy atom. The van der Waals surface area contributed by atoms with Crippen LogP contribution in [0.2, 0.25) is 5.02 Å². The normalized spacial score (nSPS) is 19.6. The van der Waals surface area contributed by atoms with Gasteiger partial charge in [-0.25, -0.2) is 0 Å². The molecule has 2 aromatic rings. The Bertz CT molecular complexity index is 1120. The van der Waals surface area contributed by atoms with E-state index >= 15 is 0 Å². The summed E-state index contributed by atoms with van der Waals surface area (Å²) in [5.74, 6) is 0.448. The Morgan fingerprint density at radius 2 is 1.62 bits per heavy atom. The molecule has 2 fully saturated rings. The van der Waals surface area contributed by atoms with Gasteiger partial charge in [0.1, 0.15) is 0 Å². The van der Waals surface area contributed by atoms with Gasteiger partial charge in [-0.05, 0) is 55.4 Å². The smallest absolute Gasteiger partial charge is 0.263 e. The second-order valence-electron chi connectivity index (χ2n) is 9.76. The molecule has 0 bridgehead atoms. The molecule has 3 aliphatic heterocycles. The summed E-state index contributed by atoms with van der Waals surface area (Å²) < 4.78 is 0.